The van der Waals surface area contributed by atoms with Gasteiger partial charge in [-0.05, 0) is 49.9 Å². The zero-order chi connectivity index (χ0) is 12.7. The molecule has 94 valence electrons. The molecule has 4 heteroatoms. The van der Waals surface area contributed by atoms with Gasteiger partial charge in [-0.15, -0.1) is 0 Å². The fourth-order valence-corrected chi connectivity index (χ4v) is 2.29. The number of hydrogen-bond donors (Lipinski definition) is 1. The van der Waals surface area contributed by atoms with Crippen LogP contribution in [-0.4, -0.2) is 14.8 Å². The molecule has 1 saturated carbocycles. The number of aromatic nitrogens is 3. The van der Waals surface area contributed by atoms with Gasteiger partial charge in [0.1, 0.15) is 5.82 Å². The Hall–Kier alpha value is -1.68. The minimum absolute atomic E-state index is 0.423. The number of nitrogens with two attached hydrogens (primary N) is 1. The lowest BCUT2D eigenvalue weighted by Crippen LogP contribution is -2.08. The third-order valence-electron chi connectivity index (χ3n) is 3.27. The van der Waals surface area contributed by atoms with Crippen LogP contribution in [-0.2, 0) is 6.54 Å². The molecule has 4 nitrogen and oxygen atoms in total. The summed E-state index contributed by atoms with van der Waals surface area (Å²) >= 11 is 0. The summed E-state index contributed by atoms with van der Waals surface area (Å²) < 4.78 is 1.90. The quantitative estimate of drug-likeness (QED) is 0.897. The van der Waals surface area contributed by atoms with Gasteiger partial charge in [0, 0.05) is 5.92 Å². The fourth-order valence-electron chi connectivity index (χ4n) is 2.29. The zero-order valence-corrected chi connectivity index (χ0v) is 10.8. The Morgan fingerprint density at radius 2 is 1.89 bits per heavy atom. The lowest BCUT2D eigenvalue weighted by molar-refractivity contribution is 0.779. The van der Waals surface area contributed by atoms with Crippen LogP contribution in [0.15, 0.2) is 18.2 Å². The molecule has 3 rings (SSSR count). The predicted molar refractivity (Wildman–Crippen MR) is 70.7 cm³/mol. The van der Waals surface area contributed by atoms with E-state index in [0.717, 1.165) is 17.3 Å². The molecule has 0 amide bonds. The van der Waals surface area contributed by atoms with E-state index in [9.17, 15) is 0 Å². The molecule has 2 N–H and O–H groups in total. The number of aryl methyl sites for hydroxylation is 2. The normalized spacial score (nSPS) is 15.1. The van der Waals surface area contributed by atoms with Crippen molar-refractivity contribution in [1.82, 2.24) is 14.8 Å². The van der Waals surface area contributed by atoms with Crippen molar-refractivity contribution >= 4 is 0 Å². The Labute approximate surface area is 107 Å². The number of hydrogen-bond acceptors (Lipinski definition) is 3. The molecule has 1 fully saturated rings. The van der Waals surface area contributed by atoms with Gasteiger partial charge < -0.3 is 5.73 Å². The highest BCUT2D eigenvalue weighted by atomic mass is 15.4. The van der Waals surface area contributed by atoms with Crippen LogP contribution >= 0.6 is 0 Å². The summed E-state index contributed by atoms with van der Waals surface area (Å²) in [6.45, 7) is 4.61. The topological polar surface area (TPSA) is 56.7 Å². The SMILES string of the molecule is Cc1cc(C)cc(-n2nc(C3CC3)nc2CN)c1. The van der Waals surface area contributed by atoms with Gasteiger partial charge in [0.05, 0.1) is 12.2 Å². The molecule has 0 unspecified atom stereocenters. The van der Waals surface area contributed by atoms with Crippen molar-refractivity contribution in [2.24, 2.45) is 5.73 Å². The van der Waals surface area contributed by atoms with Gasteiger partial charge in [-0.3, -0.25) is 0 Å². The van der Waals surface area contributed by atoms with E-state index in [4.69, 9.17) is 5.73 Å². The van der Waals surface area contributed by atoms with Crippen LogP contribution in [0.5, 0.6) is 0 Å². The van der Waals surface area contributed by atoms with Gasteiger partial charge in [-0.2, -0.15) is 5.10 Å². The summed E-state index contributed by atoms with van der Waals surface area (Å²) in [5.74, 6) is 2.36. The van der Waals surface area contributed by atoms with E-state index in [1.807, 2.05) is 4.68 Å². The Kier molecular flexibility index (Phi) is 2.67. The smallest absolute Gasteiger partial charge is 0.154 e. The molecule has 18 heavy (non-hydrogen) atoms. The maximum atomic E-state index is 5.77. The summed E-state index contributed by atoms with van der Waals surface area (Å²) in [5.41, 5.74) is 9.30. The van der Waals surface area contributed by atoms with Gasteiger partial charge in [-0.1, -0.05) is 6.07 Å². The van der Waals surface area contributed by atoms with Crippen LogP contribution in [0.4, 0.5) is 0 Å². The van der Waals surface area contributed by atoms with Gasteiger partial charge in [0.2, 0.25) is 0 Å². The molecular weight excluding hydrogens is 224 g/mol. The zero-order valence-electron chi connectivity index (χ0n) is 10.8. The van der Waals surface area contributed by atoms with Gasteiger partial charge >= 0.3 is 0 Å². The van der Waals surface area contributed by atoms with E-state index < -0.39 is 0 Å². The van der Waals surface area contributed by atoms with E-state index in [2.05, 4.69) is 42.1 Å². The van der Waals surface area contributed by atoms with Crippen LogP contribution in [0.25, 0.3) is 5.69 Å². The third kappa shape index (κ3) is 2.04. The van der Waals surface area contributed by atoms with E-state index >= 15 is 0 Å². The van der Waals surface area contributed by atoms with E-state index in [0.29, 0.717) is 12.5 Å². The molecule has 0 radical (unpaired) electrons. The average molecular weight is 242 g/mol. The highest BCUT2D eigenvalue weighted by Gasteiger charge is 2.29. The van der Waals surface area contributed by atoms with Crippen LogP contribution in [0, 0.1) is 13.8 Å². The third-order valence-corrected chi connectivity index (χ3v) is 3.27. The predicted octanol–water partition coefficient (Wildman–Crippen LogP) is 2.22. The van der Waals surface area contributed by atoms with Crippen LogP contribution in [0.2, 0.25) is 0 Å². The van der Waals surface area contributed by atoms with E-state index in [-0.39, 0.29) is 0 Å². The van der Waals surface area contributed by atoms with Crippen LogP contribution in [0.1, 0.15) is 41.5 Å². The monoisotopic (exact) mass is 242 g/mol. The molecule has 0 aliphatic heterocycles. The molecule has 0 spiro atoms. The molecule has 0 bridgehead atoms. The second-order valence-corrected chi connectivity index (χ2v) is 5.12. The molecule has 1 aromatic carbocycles. The van der Waals surface area contributed by atoms with Gasteiger partial charge in [0.25, 0.3) is 0 Å². The van der Waals surface area contributed by atoms with Crippen molar-refractivity contribution in [2.75, 3.05) is 0 Å². The van der Waals surface area contributed by atoms with Crippen molar-refractivity contribution in [1.29, 1.82) is 0 Å². The molecule has 0 atom stereocenters. The number of nitrogens with zero attached hydrogens (tertiary/aromatic N) is 3. The standard InChI is InChI=1S/C14H18N4/c1-9-5-10(2)7-12(6-9)18-13(8-15)16-14(17-18)11-3-4-11/h5-7,11H,3-4,8,15H2,1-2H3. The first kappa shape index (κ1) is 11.4. The average Bonchev–Trinajstić information content (AvgIpc) is 3.07. The van der Waals surface area contributed by atoms with Crippen LogP contribution in [0.3, 0.4) is 0 Å². The van der Waals surface area contributed by atoms with Gasteiger partial charge in [-0.25, -0.2) is 9.67 Å². The highest BCUT2D eigenvalue weighted by Crippen LogP contribution is 2.38. The fraction of sp³-hybridized carbons (Fsp3) is 0.429. The Morgan fingerprint density at radius 3 is 2.44 bits per heavy atom. The first-order valence-electron chi connectivity index (χ1n) is 6.42. The van der Waals surface area contributed by atoms with Gasteiger partial charge in [0.15, 0.2) is 5.82 Å². The van der Waals surface area contributed by atoms with Crippen molar-refractivity contribution in [3.63, 3.8) is 0 Å². The highest BCUT2D eigenvalue weighted by molar-refractivity contribution is 5.39. The first-order valence-corrected chi connectivity index (χ1v) is 6.42. The summed E-state index contributed by atoms with van der Waals surface area (Å²) in [5, 5.41) is 4.62. The molecule has 2 aromatic rings. The Morgan fingerprint density at radius 1 is 1.22 bits per heavy atom. The van der Waals surface area contributed by atoms with Crippen molar-refractivity contribution in [3.05, 3.63) is 41.0 Å². The lowest BCUT2D eigenvalue weighted by atomic mass is 10.1. The summed E-state index contributed by atoms with van der Waals surface area (Å²) in [7, 11) is 0. The summed E-state index contributed by atoms with van der Waals surface area (Å²) in [6, 6.07) is 6.40. The van der Waals surface area contributed by atoms with Crippen molar-refractivity contribution in [2.45, 2.75) is 39.2 Å². The molecular formula is C14H18N4. The lowest BCUT2D eigenvalue weighted by Gasteiger charge is -2.06. The molecule has 1 aliphatic carbocycles. The maximum Gasteiger partial charge on any atom is 0.154 e. The second kappa shape index (κ2) is 4.21. The van der Waals surface area contributed by atoms with Crippen molar-refractivity contribution in [3.8, 4) is 5.69 Å². The minimum atomic E-state index is 0.423. The molecule has 0 saturated heterocycles. The molecule has 1 aliphatic rings. The number of benzene rings is 1. The Balaban J connectivity index is 2.08. The second-order valence-electron chi connectivity index (χ2n) is 5.12. The molecule has 1 aromatic heterocycles. The summed E-state index contributed by atoms with van der Waals surface area (Å²) in [6.07, 6.45) is 2.42. The van der Waals surface area contributed by atoms with Crippen LogP contribution < -0.4 is 5.73 Å². The van der Waals surface area contributed by atoms with Crippen molar-refractivity contribution < 1.29 is 0 Å². The first-order chi connectivity index (χ1) is 8.67. The minimum Gasteiger partial charge on any atom is -0.324 e. The van der Waals surface area contributed by atoms with E-state index in [1.54, 1.807) is 0 Å². The maximum absolute atomic E-state index is 5.77. The largest absolute Gasteiger partial charge is 0.324 e. The summed E-state index contributed by atoms with van der Waals surface area (Å²) in [4.78, 5) is 4.55. The Bertz CT molecular complexity index is 561. The number of rotatable bonds is 3. The van der Waals surface area contributed by atoms with E-state index in [1.165, 1.54) is 24.0 Å². The molecule has 1 heterocycles.